The van der Waals surface area contributed by atoms with Gasteiger partial charge in [-0.1, -0.05) is 72.8 Å². The van der Waals surface area contributed by atoms with Gasteiger partial charge in [0.2, 0.25) is 5.91 Å². The quantitative estimate of drug-likeness (QED) is 0.0768. The Morgan fingerprint density at radius 3 is 1.64 bits per heavy atom. The highest BCUT2D eigenvalue weighted by Gasteiger charge is 2.45. The summed E-state index contributed by atoms with van der Waals surface area (Å²) in [7, 11) is 0. The second-order valence-corrected chi connectivity index (χ2v) is 16.2. The van der Waals surface area contributed by atoms with E-state index in [0.717, 1.165) is 79.4 Å². The molecule has 0 bridgehead atoms. The summed E-state index contributed by atoms with van der Waals surface area (Å²) in [5, 5.41) is 21.4. The zero-order valence-corrected chi connectivity index (χ0v) is 35.8. The van der Waals surface area contributed by atoms with E-state index in [1.807, 2.05) is 103 Å². The number of aliphatic carboxylic acids is 1. The lowest BCUT2D eigenvalue weighted by molar-refractivity contribution is -0.138. The number of hydrogen-bond donors (Lipinski definition) is 7. The number of aromatic nitrogens is 4. The Balaban J connectivity index is 0.000000138. The van der Waals surface area contributed by atoms with Crippen LogP contribution in [0.3, 0.4) is 0 Å². The Hall–Kier alpha value is -8.43. The van der Waals surface area contributed by atoms with Gasteiger partial charge in [-0.3, -0.25) is 29.1 Å². The minimum absolute atomic E-state index is 0. The first-order valence-corrected chi connectivity index (χ1v) is 21.0. The van der Waals surface area contributed by atoms with Crippen LogP contribution in [0.4, 0.5) is 11.4 Å². The van der Waals surface area contributed by atoms with Crippen LogP contribution in [-0.4, -0.2) is 61.2 Å². The van der Waals surface area contributed by atoms with Crippen molar-refractivity contribution in [3.05, 3.63) is 167 Å². The van der Waals surface area contributed by atoms with Gasteiger partial charge >= 0.3 is 5.97 Å². The molecule has 4 aromatic heterocycles. The molecule has 0 saturated heterocycles. The van der Waals surface area contributed by atoms with Crippen molar-refractivity contribution in [3.8, 4) is 22.5 Å². The van der Waals surface area contributed by atoms with E-state index in [9.17, 15) is 19.2 Å². The van der Waals surface area contributed by atoms with Gasteiger partial charge in [-0.15, -0.1) is 12.4 Å². The smallest absolute Gasteiger partial charge is 0.307 e. The van der Waals surface area contributed by atoms with Crippen molar-refractivity contribution in [1.82, 2.24) is 30.8 Å². The number of nitrogen functional groups attached to an aromatic ring is 1. The highest BCUT2D eigenvalue weighted by atomic mass is 35.5. The molecule has 4 atom stereocenters. The summed E-state index contributed by atoms with van der Waals surface area (Å²) in [4.78, 5) is 63.1. The van der Waals surface area contributed by atoms with Crippen molar-refractivity contribution >= 4 is 81.7 Å². The van der Waals surface area contributed by atoms with Crippen molar-refractivity contribution in [3.63, 3.8) is 0 Å². The summed E-state index contributed by atoms with van der Waals surface area (Å²) in [6.07, 6.45) is 11.9. The number of hydrogen-bond acceptors (Lipinski definition) is 9. The molecule has 4 aliphatic rings. The van der Waals surface area contributed by atoms with Gasteiger partial charge in [0, 0.05) is 75.0 Å². The van der Waals surface area contributed by atoms with Gasteiger partial charge in [0.15, 0.2) is 0 Å². The van der Waals surface area contributed by atoms with Gasteiger partial charge in [0.05, 0.1) is 40.9 Å². The average Bonchev–Trinajstić information content (AvgIpc) is 4.26. The topological polar surface area (TPSA) is 233 Å². The number of pyridine rings is 2. The molecule has 0 spiro atoms. The summed E-state index contributed by atoms with van der Waals surface area (Å²) >= 11 is 0. The number of amides is 3. The van der Waals surface area contributed by atoms with Crippen LogP contribution in [0.25, 0.3) is 44.3 Å². The minimum Gasteiger partial charge on any atom is -0.481 e. The molecule has 8 aromatic rings. The van der Waals surface area contributed by atoms with Crippen molar-refractivity contribution in [2.24, 2.45) is 22.0 Å². The molecule has 2 aliphatic carbocycles. The van der Waals surface area contributed by atoms with Crippen molar-refractivity contribution in [2.45, 2.75) is 24.7 Å². The van der Waals surface area contributed by atoms with Gasteiger partial charge in [0.1, 0.15) is 0 Å². The van der Waals surface area contributed by atoms with Crippen LogP contribution in [0.15, 0.2) is 144 Å². The Kier molecular flexibility index (Phi) is 11.7. The Morgan fingerprint density at radius 1 is 0.636 bits per heavy atom. The standard InChI is InChI=1S/C25H19N5O2.C16H12N4O.C9H9NO2.ClH/c31-24(18-11-17(18)15-7-4-8-26-12-15)28-16-9-19-22-20(13-27-30-25(19)32)23(29-21(22)10-16)14-5-2-1-3-6-14;17-10-6-11-14-12(8-18-20-16(11)21)15(19-13(14)7-10)9-4-2-1-3-5-9;11-9(12)8-4-7(8)6-2-1-3-10-5-6;/h1-10,12-13,17-18,29H,11H2,(H,28,31)(H,30,32);1-8,19H,17H2,(H,20,21);1-3,5,7-8H,4H2,(H,11,12);1H. The van der Waals surface area contributed by atoms with Gasteiger partial charge in [0.25, 0.3) is 11.8 Å². The largest absolute Gasteiger partial charge is 0.481 e. The fourth-order valence-corrected chi connectivity index (χ4v) is 8.64. The highest BCUT2D eigenvalue weighted by molar-refractivity contribution is 6.19. The van der Waals surface area contributed by atoms with Crippen LogP contribution in [0.2, 0.25) is 0 Å². The van der Waals surface area contributed by atoms with Crippen LogP contribution in [0.1, 0.15) is 67.6 Å². The first kappa shape index (κ1) is 42.9. The predicted octanol–water partition coefficient (Wildman–Crippen LogP) is 8.24. The number of halogens is 1. The fraction of sp³-hybridized carbons (Fsp3) is 0.120. The Labute approximate surface area is 383 Å². The molecule has 3 amide bonds. The Morgan fingerprint density at radius 2 is 1.14 bits per heavy atom. The minimum atomic E-state index is -0.691. The summed E-state index contributed by atoms with van der Waals surface area (Å²) in [6, 6.07) is 34.6. The number of H-pyrrole nitrogens is 2. The summed E-state index contributed by atoms with van der Waals surface area (Å²) in [5.41, 5.74) is 22.4. The molecule has 0 radical (unpaired) electrons. The number of rotatable bonds is 7. The van der Waals surface area contributed by atoms with E-state index in [2.05, 4.69) is 46.3 Å². The zero-order valence-electron chi connectivity index (χ0n) is 34.9. The van der Waals surface area contributed by atoms with Crippen LogP contribution < -0.4 is 21.9 Å². The average molecular weight is 897 g/mol. The Bertz CT molecular complexity index is 3210. The summed E-state index contributed by atoms with van der Waals surface area (Å²) in [5.74, 6) is -1.17. The maximum atomic E-state index is 12.9. The molecule has 12 rings (SSSR count). The van der Waals surface area contributed by atoms with E-state index >= 15 is 0 Å². The lowest BCUT2D eigenvalue weighted by Gasteiger charge is -2.08. The lowest BCUT2D eigenvalue weighted by atomic mass is 10.0. The third-order valence-electron chi connectivity index (χ3n) is 12.0. The predicted molar refractivity (Wildman–Crippen MR) is 256 cm³/mol. The first-order valence-electron chi connectivity index (χ1n) is 21.0. The number of hydrazone groups is 2. The molecule has 2 aliphatic heterocycles. The van der Waals surface area contributed by atoms with E-state index in [0.29, 0.717) is 22.5 Å². The van der Waals surface area contributed by atoms with Gasteiger partial charge in [-0.2, -0.15) is 10.2 Å². The van der Waals surface area contributed by atoms with E-state index in [-0.39, 0.29) is 53.8 Å². The molecule has 4 unspecified atom stereocenters. The van der Waals surface area contributed by atoms with E-state index in [1.165, 1.54) is 0 Å². The molecule has 2 fully saturated rings. The van der Waals surface area contributed by atoms with Crippen LogP contribution in [0.5, 0.6) is 0 Å². The van der Waals surface area contributed by atoms with Crippen molar-refractivity contribution < 1.29 is 24.3 Å². The zero-order chi connectivity index (χ0) is 44.6. The second kappa shape index (κ2) is 18.0. The van der Waals surface area contributed by atoms with Gasteiger partial charge in [-0.05, 0) is 83.3 Å². The monoisotopic (exact) mass is 896 g/mol. The van der Waals surface area contributed by atoms with Crippen molar-refractivity contribution in [1.29, 1.82) is 0 Å². The molecule has 16 heteroatoms. The number of aromatic amines is 2. The first-order chi connectivity index (χ1) is 31.7. The van der Waals surface area contributed by atoms with E-state index in [1.54, 1.807) is 43.2 Å². The summed E-state index contributed by atoms with van der Waals surface area (Å²) < 4.78 is 0. The molecule has 4 aromatic carbocycles. The number of carbonyl (C=O) groups excluding carboxylic acids is 3. The summed E-state index contributed by atoms with van der Waals surface area (Å²) in [6.45, 7) is 0. The molecule has 15 nitrogen and oxygen atoms in total. The number of carbonyl (C=O) groups is 4. The third kappa shape index (κ3) is 8.50. The third-order valence-corrected chi connectivity index (χ3v) is 12.0. The molecule has 2 saturated carbocycles. The number of nitrogens with zero attached hydrogens (tertiary/aromatic N) is 4. The SMILES string of the molecule is Cl.Nc1cc2c3c(c(-c4ccccc4)[nH]c3c1)C=NNC2=O.O=C(O)C1CC1c1cccnc1.O=C1NN=Cc2c(-c3ccccc3)[nH]c3cc(NC(=O)C4CC4c4cccnc4)cc1c23. The molecule has 328 valence electrons. The highest BCUT2D eigenvalue weighted by Crippen LogP contribution is 2.48. The number of carboxylic acids is 1. The number of carboxylic acid groups (broad SMARTS) is 1. The van der Waals surface area contributed by atoms with E-state index < -0.39 is 5.97 Å². The molecular formula is C50H41ClN10O5. The number of nitrogens with one attached hydrogen (secondary N) is 5. The number of benzene rings is 4. The molecule has 8 N–H and O–H groups in total. The second-order valence-electron chi connectivity index (χ2n) is 16.2. The van der Waals surface area contributed by atoms with Crippen LogP contribution >= 0.6 is 12.4 Å². The number of nitrogens with two attached hydrogens (primary N) is 1. The lowest BCUT2D eigenvalue weighted by Crippen LogP contribution is -2.18. The maximum Gasteiger partial charge on any atom is 0.307 e. The normalized spacial score (nSPS) is 18.2. The molecular weight excluding hydrogens is 856 g/mol. The molecule has 66 heavy (non-hydrogen) atoms. The van der Waals surface area contributed by atoms with Crippen molar-refractivity contribution in [2.75, 3.05) is 11.1 Å². The fourth-order valence-electron chi connectivity index (χ4n) is 8.64. The van der Waals surface area contributed by atoms with Crippen LogP contribution in [0, 0.1) is 11.8 Å². The van der Waals surface area contributed by atoms with E-state index in [4.69, 9.17) is 10.8 Å². The van der Waals surface area contributed by atoms with Gasteiger partial charge in [-0.25, -0.2) is 10.9 Å². The molecule has 6 heterocycles. The number of anilines is 2. The maximum absolute atomic E-state index is 12.9. The van der Waals surface area contributed by atoms with Gasteiger partial charge < -0.3 is 26.1 Å². The van der Waals surface area contributed by atoms with Crippen LogP contribution in [-0.2, 0) is 9.59 Å².